The molecule has 150 valence electrons. The van der Waals surface area contributed by atoms with Gasteiger partial charge in [-0.2, -0.15) is 0 Å². The number of fused-ring (bicyclic) bond motifs is 1. The van der Waals surface area contributed by atoms with Crippen molar-refractivity contribution in [2.45, 2.75) is 58.2 Å². The van der Waals surface area contributed by atoms with Gasteiger partial charge in [-0.3, -0.25) is 4.79 Å². The minimum Gasteiger partial charge on any atom is -0.466 e. The van der Waals surface area contributed by atoms with Gasteiger partial charge in [-0.25, -0.2) is 9.59 Å². The van der Waals surface area contributed by atoms with E-state index in [4.69, 9.17) is 19.7 Å². The molecule has 2 aliphatic rings. The van der Waals surface area contributed by atoms with Crippen LogP contribution in [0.25, 0.3) is 10.4 Å². The zero-order valence-corrected chi connectivity index (χ0v) is 16.2. The fraction of sp³-hybridized carbons (Fsp3) is 0.824. The van der Waals surface area contributed by atoms with E-state index in [2.05, 4.69) is 15.3 Å². The van der Waals surface area contributed by atoms with E-state index >= 15 is 0 Å². The van der Waals surface area contributed by atoms with E-state index in [1.54, 1.807) is 34.6 Å². The minimum absolute atomic E-state index is 0.0420. The quantitative estimate of drug-likeness (QED) is 0.246. The molecule has 5 unspecified atom stereocenters. The highest BCUT2D eigenvalue weighted by atomic mass is 16.6. The Kier molecular flexibility index (Phi) is 5.89. The highest BCUT2D eigenvalue weighted by molar-refractivity contribution is 5.91. The maximum atomic E-state index is 12.8. The standard InChI is InChI=1S/C17H26N4O6/c1-6-25-13(22)11-10-9(20-21-18)8-17(12(10)11,14(23)26-7-2)19-15(24)27-16(3,4)5/h9-12H,6-8H2,1-5H3,(H,19,24). The minimum atomic E-state index is -1.50. The summed E-state index contributed by atoms with van der Waals surface area (Å²) in [5.74, 6) is -2.76. The topological polar surface area (TPSA) is 140 Å². The molecular weight excluding hydrogens is 356 g/mol. The van der Waals surface area contributed by atoms with Crippen molar-refractivity contribution in [3.8, 4) is 0 Å². The van der Waals surface area contributed by atoms with Crippen molar-refractivity contribution in [1.29, 1.82) is 0 Å². The molecule has 0 aliphatic heterocycles. The van der Waals surface area contributed by atoms with Crippen molar-refractivity contribution in [2.75, 3.05) is 13.2 Å². The molecule has 27 heavy (non-hydrogen) atoms. The number of esters is 2. The molecule has 5 atom stereocenters. The van der Waals surface area contributed by atoms with Crippen LogP contribution in [0.15, 0.2) is 5.11 Å². The van der Waals surface area contributed by atoms with Gasteiger partial charge in [-0.15, -0.1) is 0 Å². The van der Waals surface area contributed by atoms with Crippen molar-refractivity contribution in [1.82, 2.24) is 5.32 Å². The number of rotatable bonds is 6. The van der Waals surface area contributed by atoms with Gasteiger partial charge in [-0.05, 0) is 52.5 Å². The van der Waals surface area contributed by atoms with Crippen LogP contribution in [-0.2, 0) is 23.8 Å². The Hall–Kier alpha value is -2.48. The first-order valence-corrected chi connectivity index (χ1v) is 9.00. The van der Waals surface area contributed by atoms with Gasteiger partial charge in [0.2, 0.25) is 0 Å². The van der Waals surface area contributed by atoms with E-state index in [-0.39, 0.29) is 25.6 Å². The Balaban J connectivity index is 2.36. The monoisotopic (exact) mass is 382 g/mol. The van der Waals surface area contributed by atoms with Gasteiger partial charge in [0.25, 0.3) is 0 Å². The fourth-order valence-electron chi connectivity index (χ4n) is 3.93. The molecular formula is C17H26N4O6. The molecule has 0 aromatic heterocycles. The lowest BCUT2D eigenvalue weighted by Crippen LogP contribution is -2.58. The summed E-state index contributed by atoms with van der Waals surface area (Å²) in [7, 11) is 0. The molecule has 2 aliphatic carbocycles. The molecule has 0 aromatic carbocycles. The van der Waals surface area contributed by atoms with Crippen LogP contribution in [0.5, 0.6) is 0 Å². The number of amides is 1. The third-order valence-electron chi connectivity index (χ3n) is 4.74. The molecule has 2 saturated carbocycles. The summed E-state index contributed by atoms with van der Waals surface area (Å²) in [5, 5.41) is 6.35. The van der Waals surface area contributed by atoms with E-state index in [9.17, 15) is 14.4 Å². The normalized spacial score (nSPS) is 31.1. The van der Waals surface area contributed by atoms with Crippen molar-refractivity contribution >= 4 is 18.0 Å². The average molecular weight is 382 g/mol. The SMILES string of the molecule is CCOC(=O)C1C2C(N=[N+]=[N-])CC(NC(=O)OC(C)(C)C)(C(=O)OCC)C12. The zero-order valence-electron chi connectivity index (χ0n) is 16.2. The molecule has 0 spiro atoms. The predicted octanol–water partition coefficient (Wildman–Crippen LogP) is 2.32. The van der Waals surface area contributed by atoms with Crippen LogP contribution in [-0.4, -0.2) is 48.4 Å². The van der Waals surface area contributed by atoms with E-state index < -0.39 is 47.0 Å². The zero-order chi connectivity index (χ0) is 20.4. The Bertz CT molecular complexity index is 669. The second-order valence-electron chi connectivity index (χ2n) is 7.68. The molecule has 0 bridgehead atoms. The lowest BCUT2D eigenvalue weighted by Gasteiger charge is -2.32. The van der Waals surface area contributed by atoms with Crippen molar-refractivity contribution in [3.05, 3.63) is 10.4 Å². The molecule has 0 heterocycles. The molecule has 10 heteroatoms. The average Bonchev–Trinajstić information content (AvgIpc) is 3.21. The molecule has 0 radical (unpaired) electrons. The van der Waals surface area contributed by atoms with Gasteiger partial charge < -0.3 is 19.5 Å². The van der Waals surface area contributed by atoms with E-state index in [0.717, 1.165) is 0 Å². The predicted molar refractivity (Wildman–Crippen MR) is 93.4 cm³/mol. The summed E-state index contributed by atoms with van der Waals surface area (Å²) in [5.41, 5.74) is 6.58. The van der Waals surface area contributed by atoms with Crippen molar-refractivity contribution in [2.24, 2.45) is 22.9 Å². The number of hydrogen-bond acceptors (Lipinski definition) is 7. The maximum absolute atomic E-state index is 12.8. The first-order chi connectivity index (χ1) is 12.6. The van der Waals surface area contributed by atoms with E-state index in [1.807, 2.05) is 0 Å². The van der Waals surface area contributed by atoms with Crippen LogP contribution in [0.3, 0.4) is 0 Å². The third kappa shape index (κ3) is 4.10. The summed E-state index contributed by atoms with van der Waals surface area (Å²) in [6, 6.07) is -0.631. The van der Waals surface area contributed by atoms with Crippen LogP contribution in [0, 0.1) is 17.8 Å². The number of alkyl carbamates (subject to hydrolysis) is 1. The molecule has 1 N–H and O–H groups in total. The Morgan fingerprint density at radius 2 is 1.85 bits per heavy atom. The van der Waals surface area contributed by atoms with Crippen LogP contribution < -0.4 is 5.32 Å². The van der Waals surface area contributed by atoms with Crippen molar-refractivity contribution < 1.29 is 28.6 Å². The van der Waals surface area contributed by atoms with E-state index in [0.29, 0.717) is 0 Å². The Morgan fingerprint density at radius 3 is 2.37 bits per heavy atom. The summed E-state index contributed by atoms with van der Waals surface area (Å²) in [4.78, 5) is 40.3. The first kappa shape index (κ1) is 20.8. The Morgan fingerprint density at radius 1 is 1.22 bits per heavy atom. The van der Waals surface area contributed by atoms with Crippen LogP contribution in [0.4, 0.5) is 4.79 Å². The van der Waals surface area contributed by atoms with Crippen LogP contribution in [0.2, 0.25) is 0 Å². The van der Waals surface area contributed by atoms with Crippen molar-refractivity contribution in [3.63, 3.8) is 0 Å². The number of azide groups is 1. The number of ether oxygens (including phenoxy) is 3. The number of hydrogen-bond donors (Lipinski definition) is 1. The number of carbonyl (C=O) groups is 3. The molecule has 2 fully saturated rings. The number of carbonyl (C=O) groups excluding carboxylic acids is 3. The number of nitrogens with zero attached hydrogens (tertiary/aromatic N) is 3. The van der Waals surface area contributed by atoms with Gasteiger partial charge in [0.05, 0.1) is 19.1 Å². The second kappa shape index (κ2) is 7.64. The van der Waals surface area contributed by atoms with Gasteiger partial charge in [0.1, 0.15) is 11.1 Å². The third-order valence-corrected chi connectivity index (χ3v) is 4.74. The Labute approximate surface area is 157 Å². The van der Waals surface area contributed by atoms with Gasteiger partial charge >= 0.3 is 18.0 Å². The summed E-state index contributed by atoms with van der Waals surface area (Å²) in [6.07, 6.45) is -0.759. The lowest BCUT2D eigenvalue weighted by molar-refractivity contribution is -0.153. The molecule has 10 nitrogen and oxygen atoms in total. The van der Waals surface area contributed by atoms with Gasteiger partial charge in [-0.1, -0.05) is 5.11 Å². The molecule has 0 saturated heterocycles. The highest BCUT2D eigenvalue weighted by Crippen LogP contribution is 2.64. The van der Waals surface area contributed by atoms with E-state index in [1.165, 1.54) is 0 Å². The van der Waals surface area contributed by atoms with Crippen LogP contribution >= 0.6 is 0 Å². The number of nitrogens with one attached hydrogen (secondary N) is 1. The van der Waals surface area contributed by atoms with Crippen LogP contribution in [0.1, 0.15) is 41.0 Å². The largest absolute Gasteiger partial charge is 0.466 e. The fourth-order valence-corrected chi connectivity index (χ4v) is 3.93. The molecule has 2 rings (SSSR count). The summed E-state index contributed by atoms with van der Waals surface area (Å²) < 4.78 is 15.5. The summed E-state index contributed by atoms with van der Waals surface area (Å²) >= 11 is 0. The lowest BCUT2D eigenvalue weighted by atomic mass is 9.89. The molecule has 0 aromatic rings. The second-order valence-corrected chi connectivity index (χ2v) is 7.68. The molecule has 1 amide bonds. The first-order valence-electron chi connectivity index (χ1n) is 9.00. The van der Waals surface area contributed by atoms with Gasteiger partial charge in [0, 0.05) is 16.9 Å². The smallest absolute Gasteiger partial charge is 0.408 e. The maximum Gasteiger partial charge on any atom is 0.408 e. The van der Waals surface area contributed by atoms with Gasteiger partial charge in [0.15, 0.2) is 0 Å². The highest BCUT2D eigenvalue weighted by Gasteiger charge is 2.76. The summed E-state index contributed by atoms with van der Waals surface area (Å²) in [6.45, 7) is 8.70.